The van der Waals surface area contributed by atoms with Gasteiger partial charge in [-0.25, -0.2) is 23.5 Å². The average molecular weight is 578 g/mol. The van der Waals surface area contributed by atoms with Crippen molar-refractivity contribution in [1.82, 2.24) is 24.4 Å². The van der Waals surface area contributed by atoms with Gasteiger partial charge in [0, 0.05) is 74.7 Å². The van der Waals surface area contributed by atoms with E-state index in [4.69, 9.17) is 9.72 Å². The summed E-state index contributed by atoms with van der Waals surface area (Å²) in [7, 11) is 8.81. The molecule has 218 valence electrons. The highest BCUT2D eigenvalue weighted by atomic mass is 19.2. The number of rotatable bonds is 6. The quantitative estimate of drug-likeness (QED) is 0.278. The molecule has 5 heterocycles. The van der Waals surface area contributed by atoms with Gasteiger partial charge in [-0.1, -0.05) is 0 Å². The number of ether oxygens (including phenoxy) is 1. The van der Waals surface area contributed by atoms with Crippen LogP contribution in [0.2, 0.25) is 0 Å². The number of likely N-dealkylation sites (N-methyl/N-ethyl adjacent to an activating group) is 1. The lowest BCUT2D eigenvalue weighted by Gasteiger charge is -2.24. The molecule has 1 aliphatic heterocycles. The number of hydrogen-bond donors (Lipinski definition) is 3. The van der Waals surface area contributed by atoms with Crippen molar-refractivity contribution in [2.45, 2.75) is 12.1 Å². The number of methoxy groups -OCH3 is 1. The van der Waals surface area contributed by atoms with Crippen LogP contribution in [-0.2, 0) is 11.8 Å². The Hall–Kier alpha value is -4.62. The summed E-state index contributed by atoms with van der Waals surface area (Å²) in [5, 5.41) is 13.0. The second-order valence-electron chi connectivity index (χ2n) is 10.7. The molecule has 3 N–H and O–H groups in total. The van der Waals surface area contributed by atoms with Crippen molar-refractivity contribution in [3.63, 3.8) is 0 Å². The topological polar surface area (TPSA) is 129 Å². The van der Waals surface area contributed by atoms with Crippen LogP contribution < -0.4 is 15.6 Å². The Morgan fingerprint density at radius 1 is 1.21 bits per heavy atom. The maximum atomic E-state index is 15.3. The summed E-state index contributed by atoms with van der Waals surface area (Å²) in [5.74, 6) is -2.84. The molecule has 0 bridgehead atoms. The smallest absolute Gasteiger partial charge is 0.341 e. The average Bonchev–Trinajstić information content (AvgIpc) is 3.57. The first-order valence-corrected chi connectivity index (χ1v) is 13.2. The molecule has 2 unspecified atom stereocenters. The van der Waals surface area contributed by atoms with Gasteiger partial charge in [-0.05, 0) is 26.2 Å². The van der Waals surface area contributed by atoms with E-state index >= 15 is 4.39 Å². The molecule has 5 aromatic rings. The van der Waals surface area contributed by atoms with Crippen LogP contribution in [0.4, 0.5) is 20.3 Å². The summed E-state index contributed by atoms with van der Waals surface area (Å²) in [6.45, 7) is 1.07. The predicted molar refractivity (Wildman–Crippen MR) is 156 cm³/mol. The van der Waals surface area contributed by atoms with Crippen molar-refractivity contribution in [2.75, 3.05) is 51.6 Å². The van der Waals surface area contributed by atoms with E-state index in [9.17, 15) is 19.1 Å². The Kier molecular flexibility index (Phi) is 6.58. The SMILES string of the molecule is CNc1cc(F)c(F)c2c1[nH]c1nc(N3CC(OC)C(N(C)C)C3)c(-c3cnc4c(c3)c(=O)c(C(=O)O)cn4C)cc12. The maximum absolute atomic E-state index is 15.3. The zero-order valence-electron chi connectivity index (χ0n) is 23.6. The van der Waals surface area contributed by atoms with Gasteiger partial charge in [0.15, 0.2) is 11.6 Å². The Balaban J connectivity index is 1.66. The van der Waals surface area contributed by atoms with E-state index in [0.29, 0.717) is 57.9 Å². The Bertz CT molecular complexity index is 1970. The summed E-state index contributed by atoms with van der Waals surface area (Å²) in [6.07, 6.45) is 2.67. The number of hydrogen-bond acceptors (Lipinski definition) is 8. The lowest BCUT2D eigenvalue weighted by atomic mass is 10.0. The molecule has 42 heavy (non-hydrogen) atoms. The summed E-state index contributed by atoms with van der Waals surface area (Å²) in [5.41, 5.74) is 1.31. The normalized spacial score (nSPS) is 17.3. The van der Waals surface area contributed by atoms with Gasteiger partial charge in [-0.2, -0.15) is 0 Å². The highest BCUT2D eigenvalue weighted by Gasteiger charge is 2.36. The summed E-state index contributed by atoms with van der Waals surface area (Å²) >= 11 is 0. The molecule has 1 fully saturated rings. The number of carbonyl (C=O) groups is 1. The summed E-state index contributed by atoms with van der Waals surface area (Å²) in [6, 6.07) is 4.41. The molecule has 1 aliphatic rings. The second kappa shape index (κ2) is 10.0. The number of carboxylic acid groups (broad SMARTS) is 1. The molecule has 0 radical (unpaired) electrons. The molecular weight excluding hydrogens is 548 g/mol. The Morgan fingerprint density at radius 3 is 2.62 bits per heavy atom. The van der Waals surface area contributed by atoms with Crippen molar-refractivity contribution in [3.05, 3.63) is 58.0 Å². The number of aromatic nitrogens is 4. The fourth-order valence-electron chi connectivity index (χ4n) is 5.89. The van der Waals surface area contributed by atoms with E-state index in [1.165, 1.54) is 10.8 Å². The van der Waals surface area contributed by atoms with Crippen LogP contribution in [-0.4, -0.2) is 89.0 Å². The van der Waals surface area contributed by atoms with Crippen LogP contribution in [0.3, 0.4) is 0 Å². The molecule has 0 amide bonds. The van der Waals surface area contributed by atoms with E-state index < -0.39 is 23.0 Å². The van der Waals surface area contributed by atoms with Crippen LogP contribution in [0.25, 0.3) is 44.1 Å². The first-order valence-electron chi connectivity index (χ1n) is 13.2. The van der Waals surface area contributed by atoms with E-state index in [2.05, 4.69) is 20.2 Å². The fraction of sp³-hybridized carbons (Fsp3) is 0.310. The molecule has 13 heteroatoms. The van der Waals surface area contributed by atoms with Gasteiger partial charge in [0.25, 0.3) is 0 Å². The van der Waals surface area contributed by atoms with E-state index in [1.54, 1.807) is 39.5 Å². The van der Waals surface area contributed by atoms with E-state index in [1.807, 2.05) is 19.0 Å². The van der Waals surface area contributed by atoms with Crippen molar-refractivity contribution in [3.8, 4) is 11.1 Å². The zero-order chi connectivity index (χ0) is 30.0. The standard InChI is InChI=1S/C29H29F2N7O4/c1-32-19-8-18(30)23(31)22-15-7-14(13-6-16-25(39)17(29(40)41)10-37(4)27(16)33-9-13)28(35-26(15)34-24(19)22)38-11-20(36(2)3)21(12-38)42-5/h6-10,20-21,32H,11-12H2,1-5H3,(H,34,35)(H,40,41). The van der Waals surface area contributed by atoms with Crippen molar-refractivity contribution in [2.24, 2.45) is 7.05 Å². The molecule has 11 nitrogen and oxygen atoms in total. The number of fused-ring (bicyclic) bond motifs is 4. The number of nitrogens with zero attached hydrogens (tertiary/aromatic N) is 5. The molecule has 0 aliphatic carbocycles. The Morgan fingerprint density at radius 2 is 1.98 bits per heavy atom. The van der Waals surface area contributed by atoms with Crippen LogP contribution in [0.15, 0.2) is 35.4 Å². The first kappa shape index (κ1) is 27.5. The number of benzene rings is 1. The minimum atomic E-state index is -1.35. The fourth-order valence-corrected chi connectivity index (χ4v) is 5.89. The third kappa shape index (κ3) is 4.15. The lowest BCUT2D eigenvalue weighted by Crippen LogP contribution is -2.39. The van der Waals surface area contributed by atoms with Crippen LogP contribution >= 0.6 is 0 Å². The maximum Gasteiger partial charge on any atom is 0.341 e. The molecule has 4 aromatic heterocycles. The van der Waals surface area contributed by atoms with Crippen molar-refractivity contribution < 1.29 is 23.4 Å². The van der Waals surface area contributed by atoms with Gasteiger partial charge in [-0.3, -0.25) is 4.79 Å². The minimum Gasteiger partial charge on any atom is -0.477 e. The molecule has 1 aromatic carbocycles. The highest BCUT2D eigenvalue weighted by Crippen LogP contribution is 2.40. The highest BCUT2D eigenvalue weighted by molar-refractivity contribution is 6.12. The monoisotopic (exact) mass is 577 g/mol. The largest absolute Gasteiger partial charge is 0.477 e. The third-order valence-corrected chi connectivity index (χ3v) is 8.06. The number of aryl methyl sites for hydroxylation is 1. The number of pyridine rings is 3. The number of anilines is 2. The van der Waals surface area contributed by atoms with Crippen LogP contribution in [0.1, 0.15) is 10.4 Å². The summed E-state index contributed by atoms with van der Waals surface area (Å²) in [4.78, 5) is 41.6. The van der Waals surface area contributed by atoms with Crippen LogP contribution in [0, 0.1) is 11.6 Å². The predicted octanol–water partition coefficient (Wildman–Crippen LogP) is 3.41. The number of halogens is 2. The number of nitrogens with one attached hydrogen (secondary N) is 2. The summed E-state index contributed by atoms with van der Waals surface area (Å²) < 4.78 is 37.2. The van der Waals surface area contributed by atoms with E-state index in [0.717, 1.165) is 6.07 Å². The third-order valence-electron chi connectivity index (χ3n) is 8.06. The van der Waals surface area contributed by atoms with Gasteiger partial charge in [-0.15, -0.1) is 0 Å². The molecule has 0 spiro atoms. The molecule has 0 saturated carbocycles. The lowest BCUT2D eigenvalue weighted by molar-refractivity contribution is 0.0639. The van der Waals surface area contributed by atoms with Gasteiger partial charge in [0.1, 0.15) is 22.7 Å². The van der Waals surface area contributed by atoms with Crippen molar-refractivity contribution >= 4 is 50.4 Å². The van der Waals surface area contributed by atoms with Gasteiger partial charge < -0.3 is 34.5 Å². The minimum absolute atomic E-state index is 0.0369. The molecule has 1 saturated heterocycles. The van der Waals surface area contributed by atoms with Gasteiger partial charge in [0.05, 0.1) is 28.7 Å². The number of carboxylic acids is 1. The number of aromatic carboxylic acids is 1. The van der Waals surface area contributed by atoms with E-state index in [-0.39, 0.29) is 28.5 Å². The molecule has 6 rings (SSSR count). The zero-order valence-corrected chi connectivity index (χ0v) is 23.6. The van der Waals surface area contributed by atoms with Gasteiger partial charge >= 0.3 is 5.97 Å². The second-order valence-corrected chi connectivity index (χ2v) is 10.7. The number of aromatic amines is 1. The number of H-pyrrole nitrogens is 1. The molecular formula is C29H29F2N7O4. The van der Waals surface area contributed by atoms with Crippen LogP contribution in [0.5, 0.6) is 0 Å². The Labute approximate surface area is 238 Å². The van der Waals surface area contributed by atoms with Crippen molar-refractivity contribution in [1.29, 1.82) is 0 Å². The van der Waals surface area contributed by atoms with Gasteiger partial charge in [0.2, 0.25) is 5.43 Å². The molecule has 2 atom stereocenters. The first-order chi connectivity index (χ1) is 20.0.